The minimum absolute atomic E-state index is 0.517. The highest BCUT2D eigenvalue weighted by atomic mass is 15.0. The zero-order valence-corrected chi connectivity index (χ0v) is 10.6. The van der Waals surface area contributed by atoms with Crippen molar-refractivity contribution in [2.24, 2.45) is 23.5 Å². The Morgan fingerprint density at radius 2 is 1.69 bits per heavy atom. The molecule has 3 aliphatic rings. The first-order valence-electron chi connectivity index (χ1n) is 7.36. The lowest BCUT2D eigenvalue weighted by Gasteiger charge is -2.48. The summed E-state index contributed by atoms with van der Waals surface area (Å²) < 4.78 is 0. The molecule has 92 valence electrons. The van der Waals surface area contributed by atoms with E-state index in [1.54, 1.807) is 0 Å². The summed E-state index contributed by atoms with van der Waals surface area (Å²) in [4.78, 5) is 0. The van der Waals surface area contributed by atoms with Crippen molar-refractivity contribution >= 4 is 0 Å². The predicted octanol–water partition coefficient (Wildman–Crippen LogP) is 1.25. The van der Waals surface area contributed by atoms with Gasteiger partial charge in [-0.2, -0.15) is 0 Å². The van der Waals surface area contributed by atoms with Crippen LogP contribution in [0.25, 0.3) is 0 Å². The lowest BCUT2D eigenvalue weighted by molar-refractivity contribution is -0.748. The normalized spacial score (nSPS) is 52.9. The molecule has 16 heavy (non-hydrogen) atoms. The first-order chi connectivity index (χ1) is 7.75. The summed E-state index contributed by atoms with van der Waals surface area (Å²) in [5, 5.41) is 2.73. The van der Waals surface area contributed by atoms with Gasteiger partial charge < -0.3 is 11.1 Å². The van der Waals surface area contributed by atoms with Crippen LogP contribution in [0.1, 0.15) is 51.9 Å². The molecular formula is C14H27N2+. The van der Waals surface area contributed by atoms with Crippen molar-refractivity contribution in [1.29, 1.82) is 0 Å². The molecule has 6 unspecified atom stereocenters. The topological polar surface area (TPSA) is 42.6 Å². The van der Waals surface area contributed by atoms with Gasteiger partial charge in [-0.15, -0.1) is 0 Å². The molecule has 3 fully saturated rings. The maximum atomic E-state index is 6.59. The molecule has 0 aromatic rings. The number of rotatable bonds is 0. The molecule has 2 aliphatic carbocycles. The van der Waals surface area contributed by atoms with Crippen molar-refractivity contribution in [3.8, 4) is 0 Å². The summed E-state index contributed by atoms with van der Waals surface area (Å²) in [7, 11) is 0. The molecule has 4 N–H and O–H groups in total. The predicted molar refractivity (Wildman–Crippen MR) is 65.9 cm³/mol. The van der Waals surface area contributed by atoms with Crippen molar-refractivity contribution in [1.82, 2.24) is 0 Å². The second kappa shape index (κ2) is 4.30. The molecule has 2 saturated carbocycles. The van der Waals surface area contributed by atoms with E-state index in [2.05, 4.69) is 12.2 Å². The third kappa shape index (κ3) is 1.80. The van der Waals surface area contributed by atoms with Crippen molar-refractivity contribution in [3.63, 3.8) is 0 Å². The van der Waals surface area contributed by atoms with Crippen LogP contribution in [-0.4, -0.2) is 18.1 Å². The third-order valence-electron chi connectivity index (χ3n) is 5.58. The smallest absolute Gasteiger partial charge is 0.0905 e. The molecule has 1 heterocycles. The Labute approximate surface area is 99.4 Å². The van der Waals surface area contributed by atoms with E-state index >= 15 is 0 Å². The summed E-state index contributed by atoms with van der Waals surface area (Å²) in [6.45, 7) is 2.41. The van der Waals surface area contributed by atoms with Crippen LogP contribution in [0.15, 0.2) is 0 Å². The molecule has 3 rings (SSSR count). The summed E-state index contributed by atoms with van der Waals surface area (Å²) in [5.74, 6) is 2.57. The Balaban J connectivity index is 1.75. The fourth-order valence-electron chi connectivity index (χ4n) is 4.67. The lowest BCUT2D eigenvalue weighted by atomic mass is 9.64. The Morgan fingerprint density at radius 3 is 2.56 bits per heavy atom. The standard InChI is InChI=1S/C14H26N2/c1-9-6-7-13-11(8-9)14(15)10-4-2-3-5-12(10)16-13/h9-14,16H,2-8,15H2,1H3/p+1. The van der Waals surface area contributed by atoms with E-state index < -0.39 is 0 Å². The molecule has 0 spiro atoms. The fraction of sp³-hybridized carbons (Fsp3) is 1.00. The fourth-order valence-corrected chi connectivity index (χ4v) is 4.67. The largest absolute Gasteiger partial charge is 0.341 e. The zero-order valence-electron chi connectivity index (χ0n) is 10.6. The van der Waals surface area contributed by atoms with E-state index in [0.717, 1.165) is 29.8 Å². The van der Waals surface area contributed by atoms with Crippen LogP contribution in [0.2, 0.25) is 0 Å². The monoisotopic (exact) mass is 223 g/mol. The zero-order chi connectivity index (χ0) is 11.1. The van der Waals surface area contributed by atoms with Gasteiger partial charge >= 0.3 is 0 Å². The lowest BCUT2D eigenvalue weighted by Crippen LogP contribution is -3.01. The second-order valence-corrected chi connectivity index (χ2v) is 6.63. The van der Waals surface area contributed by atoms with E-state index in [0.29, 0.717) is 6.04 Å². The van der Waals surface area contributed by atoms with Crippen LogP contribution in [-0.2, 0) is 0 Å². The van der Waals surface area contributed by atoms with Gasteiger partial charge in [0.1, 0.15) is 0 Å². The number of fused-ring (bicyclic) bond motifs is 2. The van der Waals surface area contributed by atoms with Crippen LogP contribution in [0.5, 0.6) is 0 Å². The number of quaternary nitrogens is 1. The summed E-state index contributed by atoms with van der Waals surface area (Å²) in [5.41, 5.74) is 6.59. The molecule has 0 amide bonds. The highest BCUT2D eigenvalue weighted by Gasteiger charge is 2.47. The van der Waals surface area contributed by atoms with E-state index in [4.69, 9.17) is 5.73 Å². The van der Waals surface area contributed by atoms with E-state index in [1.165, 1.54) is 44.9 Å². The average Bonchev–Trinajstić information content (AvgIpc) is 2.31. The number of hydrogen-bond acceptors (Lipinski definition) is 1. The second-order valence-electron chi connectivity index (χ2n) is 6.63. The highest BCUT2D eigenvalue weighted by molar-refractivity contribution is 4.95. The van der Waals surface area contributed by atoms with Gasteiger partial charge in [0, 0.05) is 17.9 Å². The number of hydrogen-bond donors (Lipinski definition) is 2. The SMILES string of the molecule is CC1CCC2[NH2+]C3CCCCC3C(N)C2C1. The van der Waals surface area contributed by atoms with Crippen LogP contribution in [0, 0.1) is 17.8 Å². The van der Waals surface area contributed by atoms with Crippen LogP contribution in [0.3, 0.4) is 0 Å². The summed E-state index contributed by atoms with van der Waals surface area (Å²) >= 11 is 0. The molecule has 0 aromatic carbocycles. The third-order valence-corrected chi connectivity index (χ3v) is 5.58. The molecule has 2 heteroatoms. The van der Waals surface area contributed by atoms with Gasteiger partial charge in [-0.3, -0.25) is 0 Å². The molecule has 2 nitrogen and oxygen atoms in total. The van der Waals surface area contributed by atoms with E-state index in [-0.39, 0.29) is 0 Å². The first-order valence-corrected chi connectivity index (χ1v) is 7.36. The van der Waals surface area contributed by atoms with Crippen molar-refractivity contribution in [2.75, 3.05) is 0 Å². The maximum Gasteiger partial charge on any atom is 0.0905 e. The molecule has 1 aliphatic heterocycles. The Kier molecular flexibility index (Phi) is 2.97. The van der Waals surface area contributed by atoms with Crippen molar-refractivity contribution in [3.05, 3.63) is 0 Å². The summed E-state index contributed by atoms with van der Waals surface area (Å²) in [6, 6.07) is 2.26. The van der Waals surface area contributed by atoms with Crippen LogP contribution >= 0.6 is 0 Å². The van der Waals surface area contributed by atoms with Crippen LogP contribution < -0.4 is 11.1 Å². The van der Waals surface area contributed by atoms with Crippen molar-refractivity contribution < 1.29 is 5.32 Å². The van der Waals surface area contributed by atoms with Gasteiger partial charge in [0.2, 0.25) is 0 Å². The minimum Gasteiger partial charge on any atom is -0.341 e. The van der Waals surface area contributed by atoms with E-state index in [9.17, 15) is 0 Å². The summed E-state index contributed by atoms with van der Waals surface area (Å²) in [6.07, 6.45) is 9.95. The maximum absolute atomic E-state index is 6.59. The molecule has 1 saturated heterocycles. The van der Waals surface area contributed by atoms with Gasteiger partial charge in [0.15, 0.2) is 0 Å². The highest BCUT2D eigenvalue weighted by Crippen LogP contribution is 2.38. The Morgan fingerprint density at radius 1 is 0.938 bits per heavy atom. The number of nitrogens with two attached hydrogens (primary N) is 2. The number of piperidine rings is 1. The van der Waals surface area contributed by atoms with Gasteiger partial charge in [0.25, 0.3) is 0 Å². The van der Waals surface area contributed by atoms with Gasteiger partial charge in [-0.1, -0.05) is 13.3 Å². The van der Waals surface area contributed by atoms with Gasteiger partial charge in [-0.05, 0) is 44.4 Å². The first kappa shape index (κ1) is 11.0. The Hall–Kier alpha value is -0.0800. The van der Waals surface area contributed by atoms with Gasteiger partial charge in [-0.25, -0.2) is 0 Å². The Bertz CT molecular complexity index is 253. The molecule has 0 bridgehead atoms. The van der Waals surface area contributed by atoms with Crippen LogP contribution in [0.4, 0.5) is 0 Å². The quantitative estimate of drug-likeness (QED) is 0.638. The molecule has 0 aromatic heterocycles. The molecule has 6 atom stereocenters. The van der Waals surface area contributed by atoms with E-state index in [1.807, 2.05) is 0 Å². The van der Waals surface area contributed by atoms with Gasteiger partial charge in [0.05, 0.1) is 12.1 Å². The average molecular weight is 223 g/mol. The molecular weight excluding hydrogens is 196 g/mol. The minimum atomic E-state index is 0.517. The van der Waals surface area contributed by atoms with Crippen molar-refractivity contribution in [2.45, 2.75) is 70.0 Å². The molecule has 0 radical (unpaired) electrons.